The first-order valence-corrected chi connectivity index (χ1v) is 7.38. The van der Waals surface area contributed by atoms with E-state index in [1.54, 1.807) is 7.11 Å². The lowest BCUT2D eigenvalue weighted by Gasteiger charge is -2.33. The Morgan fingerprint density at radius 3 is 2.06 bits per heavy atom. The van der Waals surface area contributed by atoms with Crippen LogP contribution in [0.4, 0.5) is 0 Å². The standard InChI is InChI=1S/C9H20N2O.C4H10.C2H6/c1-5-6-9(2)10-7-8(12-4)11(9)3;1-4(2)3;1-2/h8,10H,5-7H2,1-4H3;4H,1-3H3;1-2H3. The molecule has 0 aromatic heterocycles. The molecular formula is C15H36N2O. The average molecular weight is 260 g/mol. The van der Waals surface area contributed by atoms with Gasteiger partial charge in [0.25, 0.3) is 0 Å². The van der Waals surface area contributed by atoms with Crippen molar-refractivity contribution >= 4 is 0 Å². The number of hydrogen-bond donors (Lipinski definition) is 1. The van der Waals surface area contributed by atoms with Gasteiger partial charge in [-0.15, -0.1) is 0 Å². The molecule has 0 aliphatic carbocycles. The lowest BCUT2D eigenvalue weighted by molar-refractivity contribution is -0.0245. The van der Waals surface area contributed by atoms with Crippen LogP contribution in [0.1, 0.15) is 61.3 Å². The molecule has 1 saturated heterocycles. The van der Waals surface area contributed by atoms with Crippen LogP contribution >= 0.6 is 0 Å². The highest BCUT2D eigenvalue weighted by molar-refractivity contribution is 4.90. The van der Waals surface area contributed by atoms with E-state index in [1.807, 2.05) is 13.8 Å². The lowest BCUT2D eigenvalue weighted by Crippen LogP contribution is -2.48. The molecule has 0 amide bonds. The Kier molecular flexibility index (Phi) is 12.1. The SMILES string of the molecule is CC.CC(C)C.CCCC1(C)NCC(OC)N1C. The molecule has 2 unspecified atom stereocenters. The normalized spacial score (nSPS) is 27.3. The van der Waals surface area contributed by atoms with Crippen molar-refractivity contribution in [2.75, 3.05) is 20.7 Å². The van der Waals surface area contributed by atoms with Crippen molar-refractivity contribution in [1.82, 2.24) is 10.2 Å². The maximum atomic E-state index is 5.33. The second kappa shape index (κ2) is 10.8. The molecule has 0 radical (unpaired) electrons. The van der Waals surface area contributed by atoms with Gasteiger partial charge in [0.05, 0.1) is 5.66 Å². The maximum Gasteiger partial charge on any atom is 0.124 e. The Morgan fingerprint density at radius 1 is 1.33 bits per heavy atom. The molecular weight excluding hydrogens is 224 g/mol. The second-order valence-corrected chi connectivity index (χ2v) is 5.44. The highest BCUT2D eigenvalue weighted by Crippen LogP contribution is 2.24. The Labute approximate surface area is 115 Å². The Bertz CT molecular complexity index is 183. The van der Waals surface area contributed by atoms with Crippen molar-refractivity contribution in [2.45, 2.75) is 73.2 Å². The second-order valence-electron chi connectivity index (χ2n) is 5.44. The molecule has 1 aliphatic rings. The molecule has 0 aromatic carbocycles. The molecule has 1 heterocycles. The van der Waals surface area contributed by atoms with Gasteiger partial charge in [-0.05, 0) is 26.3 Å². The molecule has 1 aliphatic heterocycles. The number of nitrogens with zero attached hydrogens (tertiary/aromatic N) is 1. The van der Waals surface area contributed by atoms with Crippen molar-refractivity contribution in [3.05, 3.63) is 0 Å². The molecule has 1 fully saturated rings. The number of hydrogen-bond acceptors (Lipinski definition) is 3. The third-order valence-electron chi connectivity index (χ3n) is 2.88. The van der Waals surface area contributed by atoms with Crippen LogP contribution in [-0.2, 0) is 4.74 Å². The zero-order valence-corrected chi connectivity index (χ0v) is 14.1. The van der Waals surface area contributed by atoms with E-state index in [4.69, 9.17) is 4.74 Å². The van der Waals surface area contributed by atoms with Crippen LogP contribution in [0, 0.1) is 5.92 Å². The van der Waals surface area contributed by atoms with Crippen molar-refractivity contribution in [3.8, 4) is 0 Å². The van der Waals surface area contributed by atoms with Gasteiger partial charge in [-0.1, -0.05) is 48.0 Å². The molecule has 1 N–H and O–H groups in total. The molecule has 0 spiro atoms. The van der Waals surface area contributed by atoms with E-state index in [9.17, 15) is 0 Å². The predicted octanol–water partition coefficient (Wildman–Crippen LogP) is 3.70. The van der Waals surface area contributed by atoms with Crippen LogP contribution in [0.2, 0.25) is 0 Å². The lowest BCUT2D eigenvalue weighted by atomic mass is 10.1. The molecule has 2 atom stereocenters. The molecule has 3 nitrogen and oxygen atoms in total. The van der Waals surface area contributed by atoms with Gasteiger partial charge >= 0.3 is 0 Å². The number of rotatable bonds is 3. The first-order valence-electron chi connectivity index (χ1n) is 7.38. The van der Waals surface area contributed by atoms with Crippen molar-refractivity contribution in [1.29, 1.82) is 0 Å². The summed E-state index contributed by atoms with van der Waals surface area (Å²) in [6.07, 6.45) is 2.61. The number of ether oxygens (including phenoxy) is 1. The molecule has 0 bridgehead atoms. The topological polar surface area (TPSA) is 24.5 Å². The summed E-state index contributed by atoms with van der Waals surface area (Å²) in [5.41, 5.74) is 0.134. The van der Waals surface area contributed by atoms with Gasteiger partial charge in [-0.2, -0.15) is 0 Å². The monoisotopic (exact) mass is 260 g/mol. The summed E-state index contributed by atoms with van der Waals surface area (Å²) >= 11 is 0. The third kappa shape index (κ3) is 7.34. The van der Waals surface area contributed by atoms with E-state index in [0.29, 0.717) is 0 Å². The summed E-state index contributed by atoms with van der Waals surface area (Å²) in [4.78, 5) is 2.27. The Morgan fingerprint density at radius 2 is 1.78 bits per heavy atom. The van der Waals surface area contributed by atoms with E-state index < -0.39 is 0 Å². The smallest absolute Gasteiger partial charge is 0.124 e. The Hall–Kier alpha value is -0.120. The van der Waals surface area contributed by atoms with Crippen molar-refractivity contribution in [3.63, 3.8) is 0 Å². The van der Waals surface area contributed by atoms with E-state index in [1.165, 1.54) is 12.8 Å². The van der Waals surface area contributed by atoms with Crippen LogP contribution in [0.3, 0.4) is 0 Å². The number of methoxy groups -OCH3 is 1. The van der Waals surface area contributed by atoms with Gasteiger partial charge in [-0.25, -0.2) is 0 Å². The highest BCUT2D eigenvalue weighted by Gasteiger charge is 2.38. The van der Waals surface area contributed by atoms with Crippen molar-refractivity contribution in [2.24, 2.45) is 5.92 Å². The van der Waals surface area contributed by atoms with Gasteiger partial charge in [0.15, 0.2) is 0 Å². The summed E-state index contributed by atoms with van der Waals surface area (Å²) in [6, 6.07) is 0. The van der Waals surface area contributed by atoms with Crippen LogP contribution in [0.5, 0.6) is 0 Å². The van der Waals surface area contributed by atoms with Gasteiger partial charge in [0.2, 0.25) is 0 Å². The maximum absolute atomic E-state index is 5.33. The molecule has 3 heteroatoms. The van der Waals surface area contributed by atoms with Crippen molar-refractivity contribution < 1.29 is 4.74 Å². The minimum Gasteiger partial charge on any atom is -0.365 e. The molecule has 112 valence electrons. The fourth-order valence-electron chi connectivity index (χ4n) is 1.88. The zero-order chi connectivity index (χ0) is 14.8. The average Bonchev–Trinajstić information content (AvgIpc) is 2.58. The summed E-state index contributed by atoms with van der Waals surface area (Å²) in [7, 11) is 3.88. The predicted molar refractivity (Wildman–Crippen MR) is 81.7 cm³/mol. The van der Waals surface area contributed by atoms with Crippen LogP contribution in [0.15, 0.2) is 0 Å². The van der Waals surface area contributed by atoms with Crippen LogP contribution in [0.25, 0.3) is 0 Å². The largest absolute Gasteiger partial charge is 0.365 e. The fraction of sp³-hybridized carbons (Fsp3) is 1.00. The van der Waals surface area contributed by atoms with Gasteiger partial charge in [0.1, 0.15) is 6.23 Å². The molecule has 0 saturated carbocycles. The number of nitrogens with one attached hydrogen (secondary N) is 1. The van der Waals surface area contributed by atoms with Crippen LogP contribution < -0.4 is 5.32 Å². The van der Waals surface area contributed by atoms with E-state index >= 15 is 0 Å². The molecule has 0 aromatic rings. The molecule has 1 rings (SSSR count). The van der Waals surface area contributed by atoms with Gasteiger partial charge < -0.3 is 4.74 Å². The molecule has 18 heavy (non-hydrogen) atoms. The Balaban J connectivity index is 0. The number of likely N-dealkylation sites (N-methyl/N-ethyl adjacent to an activating group) is 1. The van der Waals surface area contributed by atoms with Gasteiger partial charge in [0, 0.05) is 13.7 Å². The highest BCUT2D eigenvalue weighted by atomic mass is 16.5. The first-order chi connectivity index (χ1) is 8.37. The quantitative estimate of drug-likeness (QED) is 0.837. The zero-order valence-electron chi connectivity index (χ0n) is 14.1. The third-order valence-corrected chi connectivity index (χ3v) is 2.88. The van der Waals surface area contributed by atoms with Crippen LogP contribution in [-0.4, -0.2) is 37.5 Å². The first kappa shape index (κ1) is 20.2. The fourth-order valence-corrected chi connectivity index (χ4v) is 1.88. The van der Waals surface area contributed by atoms with E-state index in [2.05, 4.69) is 51.9 Å². The summed E-state index contributed by atoms with van der Waals surface area (Å²) in [5, 5.41) is 3.49. The van der Waals surface area contributed by atoms with Gasteiger partial charge in [-0.3, -0.25) is 10.2 Å². The summed E-state index contributed by atoms with van der Waals surface area (Å²) < 4.78 is 5.33. The summed E-state index contributed by atoms with van der Waals surface area (Å²) in [5.74, 6) is 0.833. The van der Waals surface area contributed by atoms with E-state index in [-0.39, 0.29) is 11.9 Å². The van der Waals surface area contributed by atoms with E-state index in [0.717, 1.165) is 12.5 Å². The minimum absolute atomic E-state index is 0.134. The summed E-state index contributed by atoms with van der Waals surface area (Å²) in [6.45, 7) is 15.9. The minimum atomic E-state index is 0.134.